The van der Waals surface area contributed by atoms with Gasteiger partial charge in [-0.05, 0) is 104 Å². The Morgan fingerprint density at radius 2 is 1.75 bits per heavy atom. The Kier molecular flexibility index (Phi) is 8.41. The molecule has 1 N–H and O–H groups in total. The van der Waals surface area contributed by atoms with Crippen molar-refractivity contribution in [2.45, 2.75) is 112 Å². The van der Waals surface area contributed by atoms with Gasteiger partial charge in [-0.15, -0.1) is 0 Å². The van der Waals surface area contributed by atoms with Crippen molar-refractivity contribution in [2.24, 2.45) is 52.3 Å². The van der Waals surface area contributed by atoms with Gasteiger partial charge in [-0.3, -0.25) is 4.79 Å². The summed E-state index contributed by atoms with van der Waals surface area (Å²) < 4.78 is 5.90. The van der Waals surface area contributed by atoms with Gasteiger partial charge in [-0.1, -0.05) is 78.2 Å². The number of rotatable bonds is 8. The standard InChI is InChI=1S/C36H52O4/c1-7-24(22(2)3)14-13-23(4)28-15-16-29-27-20-31(37)30-19-26(40-34(39)25-11-9-8-10-12-25)17-18-35(30,5)33(27)32(38)21-36(28,29)6/h8-12,20,22-24,26,28-30,32-33,38H,7,13-19,21H2,1-6H3/t23-,24-,26-,28-,29+,30-,32-,33-,35+,36-/m1/s1. The number of benzene rings is 1. The molecule has 3 saturated carbocycles. The molecule has 0 aromatic heterocycles. The molecule has 0 heterocycles. The lowest BCUT2D eigenvalue weighted by atomic mass is 9.46. The summed E-state index contributed by atoms with van der Waals surface area (Å²) in [6, 6.07) is 9.11. The number of ketones is 1. The summed E-state index contributed by atoms with van der Waals surface area (Å²) in [5.74, 6) is 2.81. The maximum atomic E-state index is 13.8. The van der Waals surface area contributed by atoms with Crippen molar-refractivity contribution >= 4 is 11.8 Å². The number of aliphatic hydroxyl groups excluding tert-OH is 1. The number of esters is 1. The van der Waals surface area contributed by atoms with Crippen LogP contribution in [0.5, 0.6) is 0 Å². The number of allylic oxidation sites excluding steroid dienone is 1. The number of ether oxygens (including phenoxy) is 1. The van der Waals surface area contributed by atoms with Crippen LogP contribution in [0.4, 0.5) is 0 Å². The summed E-state index contributed by atoms with van der Waals surface area (Å²) >= 11 is 0. The molecule has 1 aromatic rings. The van der Waals surface area contributed by atoms with Gasteiger partial charge < -0.3 is 9.84 Å². The highest BCUT2D eigenvalue weighted by Gasteiger charge is 2.62. The van der Waals surface area contributed by atoms with Crippen LogP contribution in [0.3, 0.4) is 0 Å². The maximum Gasteiger partial charge on any atom is 0.338 e. The van der Waals surface area contributed by atoms with Crippen LogP contribution in [-0.4, -0.2) is 29.1 Å². The first-order chi connectivity index (χ1) is 19.0. The second kappa shape index (κ2) is 11.4. The van der Waals surface area contributed by atoms with E-state index in [0.29, 0.717) is 29.7 Å². The molecule has 0 unspecified atom stereocenters. The van der Waals surface area contributed by atoms with Crippen molar-refractivity contribution < 1.29 is 19.4 Å². The second-order valence-electron chi connectivity index (χ2n) is 14.7. The highest BCUT2D eigenvalue weighted by atomic mass is 16.5. The summed E-state index contributed by atoms with van der Waals surface area (Å²) in [7, 11) is 0. The number of fused-ring (bicyclic) bond motifs is 5. The SMILES string of the molecule is CC[C@H](CC[C@@H](C)[C@H]1CC[C@H]2C3=CC(=O)[C@H]4C[C@H](OC(=O)c5ccccc5)CC[C@]4(C)[C@H]3[C@H](O)C[C@]12C)C(C)C. The van der Waals surface area contributed by atoms with Crippen LogP contribution in [-0.2, 0) is 9.53 Å². The monoisotopic (exact) mass is 548 g/mol. The Morgan fingerprint density at radius 1 is 1.02 bits per heavy atom. The molecular formula is C36H52O4. The third-order valence-electron chi connectivity index (χ3n) is 12.3. The Hall–Kier alpha value is -1.94. The van der Waals surface area contributed by atoms with Gasteiger partial charge >= 0.3 is 5.97 Å². The lowest BCUT2D eigenvalue weighted by Crippen LogP contribution is -2.57. The number of carbonyl (C=O) groups is 2. The minimum Gasteiger partial charge on any atom is -0.459 e. The van der Waals surface area contributed by atoms with Crippen LogP contribution < -0.4 is 0 Å². The van der Waals surface area contributed by atoms with Crippen molar-refractivity contribution in [1.82, 2.24) is 0 Å². The second-order valence-corrected chi connectivity index (χ2v) is 14.7. The molecular weight excluding hydrogens is 496 g/mol. The van der Waals surface area contributed by atoms with Crippen LogP contribution in [0.15, 0.2) is 42.0 Å². The van der Waals surface area contributed by atoms with Crippen LogP contribution in [0.1, 0.15) is 110 Å². The molecule has 0 bridgehead atoms. The molecule has 1 aromatic carbocycles. The van der Waals surface area contributed by atoms with Crippen molar-refractivity contribution in [3.63, 3.8) is 0 Å². The highest BCUT2D eigenvalue weighted by Crippen LogP contribution is 2.66. The van der Waals surface area contributed by atoms with Crippen LogP contribution in [0.2, 0.25) is 0 Å². The summed E-state index contributed by atoms with van der Waals surface area (Å²) in [5.41, 5.74) is 1.56. The first-order valence-corrected chi connectivity index (χ1v) is 16.2. The molecule has 4 aliphatic rings. The van der Waals surface area contributed by atoms with E-state index in [1.807, 2.05) is 24.3 Å². The van der Waals surface area contributed by atoms with Gasteiger partial charge in [0, 0.05) is 11.8 Å². The molecule has 4 aliphatic carbocycles. The van der Waals surface area contributed by atoms with Gasteiger partial charge in [0.15, 0.2) is 5.78 Å². The zero-order valence-electron chi connectivity index (χ0n) is 25.7. The van der Waals surface area contributed by atoms with E-state index in [1.165, 1.54) is 31.3 Å². The van der Waals surface area contributed by atoms with Gasteiger partial charge in [0.25, 0.3) is 0 Å². The molecule has 0 radical (unpaired) electrons. The predicted octanol–water partition coefficient (Wildman–Crippen LogP) is 8.04. The van der Waals surface area contributed by atoms with Gasteiger partial charge in [0.2, 0.25) is 0 Å². The van der Waals surface area contributed by atoms with Crippen LogP contribution in [0, 0.1) is 52.3 Å². The topological polar surface area (TPSA) is 63.6 Å². The Bertz CT molecular complexity index is 1110. The molecule has 4 heteroatoms. The molecule has 0 spiro atoms. The molecule has 3 fully saturated rings. The molecule has 220 valence electrons. The fraction of sp³-hybridized carbons (Fsp3) is 0.722. The quantitative estimate of drug-likeness (QED) is 0.334. The van der Waals surface area contributed by atoms with Crippen molar-refractivity contribution in [3.8, 4) is 0 Å². The average molecular weight is 549 g/mol. The van der Waals surface area contributed by atoms with E-state index in [1.54, 1.807) is 12.1 Å². The van der Waals surface area contributed by atoms with E-state index in [0.717, 1.165) is 37.5 Å². The average Bonchev–Trinajstić information content (AvgIpc) is 3.26. The molecule has 0 aliphatic heterocycles. The summed E-state index contributed by atoms with van der Waals surface area (Å²) in [6.07, 6.45) is 10.3. The molecule has 0 amide bonds. The van der Waals surface area contributed by atoms with E-state index < -0.39 is 6.10 Å². The number of aliphatic hydroxyl groups is 1. The Balaban J connectivity index is 1.32. The lowest BCUT2D eigenvalue weighted by molar-refractivity contribution is -0.140. The van der Waals surface area contributed by atoms with E-state index in [4.69, 9.17) is 4.74 Å². The van der Waals surface area contributed by atoms with Crippen LogP contribution in [0.25, 0.3) is 0 Å². The van der Waals surface area contributed by atoms with E-state index >= 15 is 0 Å². The summed E-state index contributed by atoms with van der Waals surface area (Å²) in [4.78, 5) is 26.5. The van der Waals surface area contributed by atoms with Crippen molar-refractivity contribution in [1.29, 1.82) is 0 Å². The lowest BCUT2D eigenvalue weighted by Gasteiger charge is -2.58. The largest absolute Gasteiger partial charge is 0.459 e. The minimum absolute atomic E-state index is 0.0264. The van der Waals surface area contributed by atoms with Crippen LogP contribution >= 0.6 is 0 Å². The van der Waals surface area contributed by atoms with Gasteiger partial charge in [-0.25, -0.2) is 4.79 Å². The fourth-order valence-corrected chi connectivity index (χ4v) is 10.0. The normalized spacial score (nSPS) is 38.6. The third kappa shape index (κ3) is 5.12. The third-order valence-corrected chi connectivity index (χ3v) is 12.3. The van der Waals surface area contributed by atoms with E-state index in [2.05, 4.69) is 41.5 Å². The predicted molar refractivity (Wildman–Crippen MR) is 160 cm³/mol. The highest BCUT2D eigenvalue weighted by molar-refractivity contribution is 5.95. The Labute approximate surface area is 242 Å². The summed E-state index contributed by atoms with van der Waals surface area (Å²) in [5, 5.41) is 11.9. The molecule has 40 heavy (non-hydrogen) atoms. The van der Waals surface area contributed by atoms with E-state index in [-0.39, 0.29) is 40.5 Å². The number of hydrogen-bond donors (Lipinski definition) is 1. The van der Waals surface area contributed by atoms with Crippen molar-refractivity contribution in [3.05, 3.63) is 47.5 Å². The smallest absolute Gasteiger partial charge is 0.338 e. The number of hydrogen-bond acceptors (Lipinski definition) is 4. The fourth-order valence-electron chi connectivity index (χ4n) is 10.0. The Morgan fingerprint density at radius 3 is 2.42 bits per heavy atom. The zero-order chi connectivity index (χ0) is 28.8. The minimum atomic E-state index is -0.427. The maximum absolute atomic E-state index is 13.8. The first kappa shape index (κ1) is 29.5. The van der Waals surface area contributed by atoms with E-state index in [9.17, 15) is 14.7 Å². The molecule has 5 rings (SSSR count). The number of carbonyl (C=O) groups excluding carboxylic acids is 2. The first-order valence-electron chi connectivity index (χ1n) is 16.2. The summed E-state index contributed by atoms with van der Waals surface area (Å²) in [6.45, 7) is 14.1. The molecule has 10 atom stereocenters. The van der Waals surface area contributed by atoms with Gasteiger partial charge in [0.1, 0.15) is 6.10 Å². The van der Waals surface area contributed by atoms with Crippen molar-refractivity contribution in [2.75, 3.05) is 0 Å². The molecule has 4 nitrogen and oxygen atoms in total. The molecule has 0 saturated heterocycles. The van der Waals surface area contributed by atoms with Gasteiger partial charge in [0.05, 0.1) is 11.7 Å². The zero-order valence-corrected chi connectivity index (χ0v) is 25.7. The van der Waals surface area contributed by atoms with Gasteiger partial charge in [-0.2, -0.15) is 0 Å².